The molecule has 144 valence electrons. The number of alkyl halides is 3. The molecular weight excluding hydrogens is 500 g/mol. The van der Waals surface area contributed by atoms with E-state index in [0.717, 1.165) is 22.3 Å². The van der Waals surface area contributed by atoms with Crippen LogP contribution in [0.1, 0.15) is 36.2 Å². The molecule has 0 aliphatic heterocycles. The van der Waals surface area contributed by atoms with Crippen LogP contribution in [0.5, 0.6) is 0 Å². The molecule has 0 aliphatic rings. The van der Waals surface area contributed by atoms with Crippen molar-refractivity contribution in [2.24, 2.45) is 4.99 Å². The standard InChI is InChI=1S/C16H18ClF3N4S.HI/c1-3-21-15(23-10(2)11-4-6-12(17)7-5-11)22-8-14-24-13(9-25-14)16(18,19)20;/h4-7,9-10H,3,8H2,1-2H3,(H2,21,22,23);1H. The Kier molecular flexibility index (Phi) is 9.11. The molecule has 1 aromatic heterocycles. The highest BCUT2D eigenvalue weighted by Gasteiger charge is 2.33. The number of aromatic nitrogens is 1. The number of hydrogen-bond donors (Lipinski definition) is 2. The zero-order valence-electron chi connectivity index (χ0n) is 14.1. The minimum absolute atomic E-state index is 0. The van der Waals surface area contributed by atoms with E-state index in [1.165, 1.54) is 0 Å². The first-order valence-corrected chi connectivity index (χ1v) is 8.87. The summed E-state index contributed by atoms with van der Waals surface area (Å²) in [5.41, 5.74) is 0.138. The van der Waals surface area contributed by atoms with Crippen LogP contribution in [0.4, 0.5) is 13.2 Å². The average molecular weight is 519 g/mol. The maximum atomic E-state index is 12.6. The van der Waals surface area contributed by atoms with Gasteiger partial charge in [0.25, 0.3) is 0 Å². The molecule has 2 N–H and O–H groups in total. The Morgan fingerprint density at radius 1 is 1.31 bits per heavy atom. The van der Waals surface area contributed by atoms with Gasteiger partial charge in [-0.05, 0) is 31.5 Å². The van der Waals surface area contributed by atoms with Gasteiger partial charge in [-0.2, -0.15) is 13.2 Å². The summed E-state index contributed by atoms with van der Waals surface area (Å²) in [7, 11) is 0. The lowest BCUT2D eigenvalue weighted by Gasteiger charge is -2.18. The van der Waals surface area contributed by atoms with Gasteiger partial charge in [-0.25, -0.2) is 9.98 Å². The SMILES string of the molecule is CCNC(=NCc1nc(C(F)(F)F)cs1)NC(C)c1ccc(Cl)cc1.I. The Hall–Kier alpha value is -1.07. The fourth-order valence-corrected chi connectivity index (χ4v) is 2.87. The van der Waals surface area contributed by atoms with Gasteiger partial charge < -0.3 is 10.6 Å². The number of benzene rings is 1. The molecule has 26 heavy (non-hydrogen) atoms. The molecule has 0 amide bonds. The highest BCUT2D eigenvalue weighted by Crippen LogP contribution is 2.30. The number of aliphatic imine (C=N–C) groups is 1. The van der Waals surface area contributed by atoms with Crippen molar-refractivity contribution in [2.75, 3.05) is 6.54 Å². The molecule has 1 atom stereocenters. The third-order valence-electron chi connectivity index (χ3n) is 3.28. The van der Waals surface area contributed by atoms with Crippen molar-refractivity contribution in [1.82, 2.24) is 15.6 Å². The average Bonchev–Trinajstić information content (AvgIpc) is 3.02. The molecule has 0 radical (unpaired) electrons. The van der Waals surface area contributed by atoms with Gasteiger partial charge >= 0.3 is 6.18 Å². The Balaban J connectivity index is 0.00000338. The van der Waals surface area contributed by atoms with E-state index in [-0.39, 0.29) is 36.6 Å². The van der Waals surface area contributed by atoms with Crippen LogP contribution in [0.15, 0.2) is 34.6 Å². The largest absolute Gasteiger partial charge is 0.434 e. The number of halogens is 5. The van der Waals surface area contributed by atoms with Crippen LogP contribution >= 0.6 is 46.9 Å². The highest BCUT2D eigenvalue weighted by molar-refractivity contribution is 14.0. The van der Waals surface area contributed by atoms with Crippen molar-refractivity contribution >= 4 is 52.9 Å². The zero-order valence-corrected chi connectivity index (χ0v) is 18.0. The molecule has 1 unspecified atom stereocenters. The van der Waals surface area contributed by atoms with E-state index in [9.17, 15) is 13.2 Å². The summed E-state index contributed by atoms with van der Waals surface area (Å²) in [6.45, 7) is 4.57. The predicted octanol–water partition coefficient (Wildman–Crippen LogP) is 5.25. The van der Waals surface area contributed by atoms with Crippen molar-refractivity contribution in [3.05, 3.63) is 50.9 Å². The fourth-order valence-electron chi connectivity index (χ4n) is 2.02. The number of hydrogen-bond acceptors (Lipinski definition) is 3. The van der Waals surface area contributed by atoms with Crippen molar-refractivity contribution in [2.45, 2.75) is 32.6 Å². The lowest BCUT2D eigenvalue weighted by atomic mass is 10.1. The molecule has 4 nitrogen and oxygen atoms in total. The summed E-state index contributed by atoms with van der Waals surface area (Å²) in [6, 6.07) is 7.36. The predicted molar refractivity (Wildman–Crippen MR) is 110 cm³/mol. The number of nitrogens with one attached hydrogen (secondary N) is 2. The number of thiazole rings is 1. The summed E-state index contributed by atoms with van der Waals surface area (Å²) >= 11 is 6.83. The maximum Gasteiger partial charge on any atom is 0.434 e. The second-order valence-corrected chi connectivity index (χ2v) is 6.62. The third kappa shape index (κ3) is 6.92. The minimum Gasteiger partial charge on any atom is -0.357 e. The van der Waals surface area contributed by atoms with E-state index in [4.69, 9.17) is 11.6 Å². The topological polar surface area (TPSA) is 49.3 Å². The van der Waals surface area contributed by atoms with Crippen LogP contribution in [0.25, 0.3) is 0 Å². The Morgan fingerprint density at radius 2 is 1.96 bits per heavy atom. The third-order valence-corrected chi connectivity index (χ3v) is 4.37. The molecule has 0 saturated heterocycles. The quantitative estimate of drug-likeness (QED) is 0.323. The van der Waals surface area contributed by atoms with E-state index in [0.29, 0.717) is 22.5 Å². The summed E-state index contributed by atoms with van der Waals surface area (Å²) in [5, 5.41) is 8.24. The van der Waals surface area contributed by atoms with Gasteiger partial charge in [-0.15, -0.1) is 35.3 Å². The second-order valence-electron chi connectivity index (χ2n) is 5.24. The molecule has 10 heteroatoms. The van der Waals surface area contributed by atoms with Crippen molar-refractivity contribution in [3.8, 4) is 0 Å². The van der Waals surface area contributed by atoms with Gasteiger partial charge in [-0.3, -0.25) is 0 Å². The van der Waals surface area contributed by atoms with E-state index < -0.39 is 11.9 Å². The van der Waals surface area contributed by atoms with Gasteiger partial charge in [0.2, 0.25) is 0 Å². The van der Waals surface area contributed by atoms with Gasteiger partial charge in [0.1, 0.15) is 5.01 Å². The molecule has 0 saturated carbocycles. The van der Waals surface area contributed by atoms with Crippen LogP contribution < -0.4 is 10.6 Å². The lowest BCUT2D eigenvalue weighted by molar-refractivity contribution is -0.140. The van der Waals surface area contributed by atoms with Crippen LogP contribution in [-0.4, -0.2) is 17.5 Å². The van der Waals surface area contributed by atoms with Crippen molar-refractivity contribution in [3.63, 3.8) is 0 Å². The normalized spacial score (nSPS) is 13.1. The van der Waals surface area contributed by atoms with Crippen molar-refractivity contribution in [1.29, 1.82) is 0 Å². The maximum absolute atomic E-state index is 12.6. The zero-order chi connectivity index (χ0) is 18.4. The summed E-state index contributed by atoms with van der Waals surface area (Å²) < 4.78 is 37.7. The van der Waals surface area contributed by atoms with E-state index >= 15 is 0 Å². The molecule has 2 aromatic rings. The molecule has 2 rings (SSSR count). The fraction of sp³-hybridized carbons (Fsp3) is 0.375. The first kappa shape index (κ1) is 23.0. The Bertz CT molecular complexity index is 719. The molecule has 1 heterocycles. The van der Waals surface area contributed by atoms with Gasteiger partial charge in [0.05, 0.1) is 12.6 Å². The summed E-state index contributed by atoms with van der Waals surface area (Å²) in [5.74, 6) is 0.508. The van der Waals surface area contributed by atoms with E-state index in [2.05, 4.69) is 20.6 Å². The second kappa shape index (κ2) is 10.3. The molecule has 0 aliphatic carbocycles. The summed E-state index contributed by atoms with van der Waals surface area (Å²) in [6.07, 6.45) is -4.43. The van der Waals surface area contributed by atoms with Crippen LogP contribution in [0.2, 0.25) is 5.02 Å². The number of guanidine groups is 1. The van der Waals surface area contributed by atoms with Crippen LogP contribution in [0, 0.1) is 0 Å². The first-order valence-electron chi connectivity index (χ1n) is 7.61. The Morgan fingerprint density at radius 3 is 2.50 bits per heavy atom. The monoisotopic (exact) mass is 518 g/mol. The lowest BCUT2D eigenvalue weighted by Crippen LogP contribution is -2.38. The summed E-state index contributed by atoms with van der Waals surface area (Å²) in [4.78, 5) is 7.89. The molecular formula is C16H19ClF3IN4S. The van der Waals surface area contributed by atoms with E-state index in [1.54, 1.807) is 12.1 Å². The minimum atomic E-state index is -4.43. The first-order chi connectivity index (χ1) is 11.8. The van der Waals surface area contributed by atoms with Gasteiger partial charge in [0.15, 0.2) is 11.7 Å². The Labute approximate surface area is 176 Å². The van der Waals surface area contributed by atoms with Crippen molar-refractivity contribution < 1.29 is 13.2 Å². The van der Waals surface area contributed by atoms with E-state index in [1.807, 2.05) is 26.0 Å². The number of rotatable bonds is 5. The number of nitrogens with zero attached hydrogens (tertiary/aromatic N) is 2. The smallest absolute Gasteiger partial charge is 0.357 e. The highest BCUT2D eigenvalue weighted by atomic mass is 127. The van der Waals surface area contributed by atoms with Crippen LogP contribution in [-0.2, 0) is 12.7 Å². The molecule has 0 bridgehead atoms. The molecule has 1 aromatic carbocycles. The van der Waals surface area contributed by atoms with Crippen LogP contribution in [0.3, 0.4) is 0 Å². The van der Waals surface area contributed by atoms with Gasteiger partial charge in [-0.1, -0.05) is 23.7 Å². The van der Waals surface area contributed by atoms with Gasteiger partial charge in [0, 0.05) is 16.9 Å². The molecule has 0 fully saturated rings. The molecule has 0 spiro atoms.